The van der Waals surface area contributed by atoms with E-state index >= 15 is 0 Å². The molecule has 112 valence electrons. The number of likely N-dealkylation sites (N-methyl/N-ethyl adjacent to an activating group) is 1. The summed E-state index contributed by atoms with van der Waals surface area (Å²) < 4.78 is 75.7. The second-order valence-corrected chi connectivity index (χ2v) is 4.32. The molecule has 8 heteroatoms. The van der Waals surface area contributed by atoms with Gasteiger partial charge in [0.1, 0.15) is 5.78 Å². The Morgan fingerprint density at radius 1 is 1.00 bits per heavy atom. The number of ketones is 1. The Bertz CT molecular complexity index is 473. The highest BCUT2D eigenvalue weighted by molar-refractivity contribution is 5.81. The van der Waals surface area contributed by atoms with Crippen LogP contribution >= 0.6 is 0 Å². The van der Waals surface area contributed by atoms with E-state index in [2.05, 4.69) is 0 Å². The van der Waals surface area contributed by atoms with Crippen molar-refractivity contribution >= 4 is 11.5 Å². The zero-order chi connectivity index (χ0) is 15.7. The van der Waals surface area contributed by atoms with Gasteiger partial charge in [0, 0.05) is 12.7 Å². The number of carbonyl (C=O) groups is 1. The summed E-state index contributed by atoms with van der Waals surface area (Å²) in [5.74, 6) is -0.376. The SMILES string of the molecule is CC(=O)CN(C)c1cc(C(F)(F)F)cc(C(F)(F)F)c1. The van der Waals surface area contributed by atoms with Crippen LogP contribution in [0.3, 0.4) is 0 Å². The van der Waals surface area contributed by atoms with Crippen LogP contribution in [0.15, 0.2) is 18.2 Å². The van der Waals surface area contributed by atoms with Gasteiger partial charge in [0.15, 0.2) is 0 Å². The van der Waals surface area contributed by atoms with Crippen LogP contribution in [0.2, 0.25) is 0 Å². The highest BCUT2D eigenvalue weighted by Gasteiger charge is 2.37. The van der Waals surface area contributed by atoms with Crippen molar-refractivity contribution in [3.05, 3.63) is 29.3 Å². The van der Waals surface area contributed by atoms with E-state index in [-0.39, 0.29) is 24.1 Å². The molecule has 1 aromatic rings. The van der Waals surface area contributed by atoms with Crippen molar-refractivity contribution in [1.82, 2.24) is 0 Å². The maximum absolute atomic E-state index is 12.6. The average Bonchev–Trinajstić information content (AvgIpc) is 2.25. The van der Waals surface area contributed by atoms with Crippen LogP contribution in [0.25, 0.3) is 0 Å². The molecule has 0 amide bonds. The lowest BCUT2D eigenvalue weighted by atomic mass is 10.1. The molecule has 0 saturated carbocycles. The smallest absolute Gasteiger partial charge is 0.367 e. The molecule has 0 spiro atoms. The molecular formula is C12H11F6NO. The van der Waals surface area contributed by atoms with Gasteiger partial charge in [-0.1, -0.05) is 0 Å². The summed E-state index contributed by atoms with van der Waals surface area (Å²) in [5.41, 5.74) is -3.13. The van der Waals surface area contributed by atoms with Gasteiger partial charge in [-0.15, -0.1) is 0 Å². The molecule has 0 aliphatic carbocycles. The van der Waals surface area contributed by atoms with Gasteiger partial charge in [0.05, 0.1) is 17.7 Å². The highest BCUT2D eigenvalue weighted by Crippen LogP contribution is 2.38. The van der Waals surface area contributed by atoms with Crippen molar-refractivity contribution in [2.24, 2.45) is 0 Å². The van der Waals surface area contributed by atoms with E-state index in [0.29, 0.717) is 12.1 Å². The molecule has 0 N–H and O–H groups in total. The zero-order valence-corrected chi connectivity index (χ0v) is 10.6. The van der Waals surface area contributed by atoms with E-state index in [1.807, 2.05) is 0 Å². The van der Waals surface area contributed by atoms with Crippen LogP contribution in [0.4, 0.5) is 32.0 Å². The number of alkyl halides is 6. The summed E-state index contributed by atoms with van der Waals surface area (Å²) in [5, 5.41) is 0. The molecule has 0 fully saturated rings. The Balaban J connectivity index is 3.34. The number of Topliss-reactive ketones (excluding diaryl/α,β-unsaturated/α-hetero) is 1. The maximum atomic E-state index is 12.6. The first kappa shape index (κ1) is 16.3. The molecule has 0 aromatic heterocycles. The van der Waals surface area contributed by atoms with Crippen molar-refractivity contribution in [2.45, 2.75) is 19.3 Å². The molecule has 1 rings (SSSR count). The fraction of sp³-hybridized carbons (Fsp3) is 0.417. The van der Waals surface area contributed by atoms with Gasteiger partial charge in [0.2, 0.25) is 0 Å². The Labute approximate surface area is 111 Å². The fourth-order valence-corrected chi connectivity index (χ4v) is 1.58. The van der Waals surface area contributed by atoms with Crippen molar-refractivity contribution in [1.29, 1.82) is 0 Å². The summed E-state index contributed by atoms with van der Waals surface area (Å²) in [7, 11) is 1.25. The minimum atomic E-state index is -4.90. The van der Waals surface area contributed by atoms with E-state index < -0.39 is 23.5 Å². The van der Waals surface area contributed by atoms with Crippen molar-refractivity contribution in [3.63, 3.8) is 0 Å². The quantitative estimate of drug-likeness (QED) is 0.792. The molecule has 0 unspecified atom stereocenters. The molecule has 0 aliphatic heterocycles. The number of benzene rings is 1. The Morgan fingerprint density at radius 3 is 1.70 bits per heavy atom. The van der Waals surface area contributed by atoms with Gasteiger partial charge in [0.25, 0.3) is 0 Å². The Hall–Kier alpha value is -1.73. The monoisotopic (exact) mass is 299 g/mol. The van der Waals surface area contributed by atoms with Gasteiger partial charge in [-0.2, -0.15) is 26.3 Å². The van der Waals surface area contributed by atoms with Crippen LogP contribution in [0, 0.1) is 0 Å². The predicted octanol–water partition coefficient (Wildman–Crippen LogP) is 3.75. The highest BCUT2D eigenvalue weighted by atomic mass is 19.4. The number of nitrogens with zero attached hydrogens (tertiary/aromatic N) is 1. The number of rotatable bonds is 3. The number of carbonyl (C=O) groups excluding carboxylic acids is 1. The summed E-state index contributed by atoms with van der Waals surface area (Å²) in [6.07, 6.45) is -9.79. The van der Waals surface area contributed by atoms with Crippen LogP contribution in [-0.2, 0) is 17.1 Å². The van der Waals surface area contributed by atoms with Crippen molar-refractivity contribution in [3.8, 4) is 0 Å². The molecule has 2 nitrogen and oxygen atoms in total. The van der Waals surface area contributed by atoms with Crippen molar-refractivity contribution < 1.29 is 31.1 Å². The Morgan fingerprint density at radius 2 is 1.40 bits per heavy atom. The maximum Gasteiger partial charge on any atom is 0.416 e. The fourth-order valence-electron chi connectivity index (χ4n) is 1.58. The van der Waals surface area contributed by atoms with Crippen molar-refractivity contribution in [2.75, 3.05) is 18.5 Å². The number of hydrogen-bond acceptors (Lipinski definition) is 2. The van der Waals surface area contributed by atoms with Gasteiger partial charge < -0.3 is 4.90 Å². The van der Waals surface area contributed by atoms with E-state index in [4.69, 9.17) is 0 Å². The largest absolute Gasteiger partial charge is 0.416 e. The van der Waals surface area contributed by atoms with Gasteiger partial charge in [-0.3, -0.25) is 4.79 Å². The molecular weight excluding hydrogens is 288 g/mol. The second-order valence-electron chi connectivity index (χ2n) is 4.32. The summed E-state index contributed by atoms with van der Waals surface area (Å²) in [4.78, 5) is 11.9. The van der Waals surface area contributed by atoms with Gasteiger partial charge >= 0.3 is 12.4 Å². The lowest BCUT2D eigenvalue weighted by Crippen LogP contribution is -2.25. The summed E-state index contributed by atoms with van der Waals surface area (Å²) in [6, 6.07) is 1.21. The molecule has 0 bridgehead atoms. The molecule has 0 radical (unpaired) electrons. The molecule has 1 aromatic carbocycles. The third-order valence-electron chi connectivity index (χ3n) is 2.47. The average molecular weight is 299 g/mol. The third kappa shape index (κ3) is 4.14. The minimum absolute atomic E-state index is 0.0467. The number of halogens is 6. The van der Waals surface area contributed by atoms with Crippen LogP contribution in [0.1, 0.15) is 18.1 Å². The first-order valence-electron chi connectivity index (χ1n) is 5.41. The van der Waals surface area contributed by atoms with E-state index in [1.165, 1.54) is 14.0 Å². The Kier molecular flexibility index (Phi) is 4.36. The normalized spacial score (nSPS) is 12.4. The summed E-state index contributed by atoms with van der Waals surface area (Å²) >= 11 is 0. The van der Waals surface area contributed by atoms with Gasteiger partial charge in [-0.05, 0) is 25.1 Å². The molecule has 0 atom stereocenters. The van der Waals surface area contributed by atoms with Crippen LogP contribution < -0.4 is 4.90 Å². The molecule has 0 saturated heterocycles. The van der Waals surface area contributed by atoms with Gasteiger partial charge in [-0.25, -0.2) is 0 Å². The first-order valence-corrected chi connectivity index (χ1v) is 5.41. The van der Waals surface area contributed by atoms with E-state index in [0.717, 1.165) is 4.90 Å². The topological polar surface area (TPSA) is 20.3 Å². The first-order chi connectivity index (χ1) is 8.91. The predicted molar refractivity (Wildman–Crippen MR) is 60.4 cm³/mol. The second kappa shape index (κ2) is 5.34. The number of anilines is 1. The lowest BCUT2D eigenvalue weighted by Gasteiger charge is -2.21. The molecule has 20 heavy (non-hydrogen) atoms. The van der Waals surface area contributed by atoms with Crippen LogP contribution in [-0.4, -0.2) is 19.4 Å². The molecule has 0 aliphatic rings. The third-order valence-corrected chi connectivity index (χ3v) is 2.47. The van der Waals surface area contributed by atoms with Crippen LogP contribution in [0.5, 0.6) is 0 Å². The van der Waals surface area contributed by atoms with E-state index in [9.17, 15) is 31.1 Å². The summed E-state index contributed by atoms with van der Waals surface area (Å²) in [6.45, 7) is 0.910. The molecule has 0 heterocycles. The van der Waals surface area contributed by atoms with E-state index in [1.54, 1.807) is 0 Å². The number of hydrogen-bond donors (Lipinski definition) is 0. The lowest BCUT2D eigenvalue weighted by molar-refractivity contribution is -0.143. The zero-order valence-electron chi connectivity index (χ0n) is 10.6. The minimum Gasteiger partial charge on any atom is -0.367 e. The standard InChI is InChI=1S/C12H11F6NO/c1-7(20)6-19(2)10-4-8(11(13,14)15)3-9(5-10)12(16,17)18/h3-5H,6H2,1-2H3.